The molecule has 4 unspecified atom stereocenters. The standard InChI is InChI=1S/C29H44N7O18P3S/c1-29(2,24(41)27(42)32-9-8-20(39)31-10-11-58(16-37)19-7-5-3-4-6-17(19)38)13-51-57(48,49)54-56(46,47)50-12-18-23(53-55(43,44)45)22(40)28(52-18)36-15-35-21-25(30)33-14-34-26(21)36/h3-5,7,14-16,18,22-24,28,38,40-41,58H,6,8-13H2,1-2H3,(H,31,39)(H,32,42)(H,46,47)(H,48,49)(H2,30,33,34)(H2,43,44,45)/t18-,22-,23-,24?,28-/m1/s1. The molecule has 58 heavy (non-hydrogen) atoms. The number of thiol groups is 1. The molecule has 11 N–H and O–H groups in total. The lowest BCUT2D eigenvalue weighted by Crippen LogP contribution is -2.46. The lowest BCUT2D eigenvalue weighted by molar-refractivity contribution is -0.137. The number of nitrogens with two attached hydrogens (primary N) is 1. The number of nitrogens with one attached hydrogen (secondary N) is 2. The van der Waals surface area contributed by atoms with Crippen LogP contribution in [0.3, 0.4) is 0 Å². The van der Waals surface area contributed by atoms with E-state index in [2.05, 4.69) is 34.4 Å². The Morgan fingerprint density at radius 1 is 1.10 bits per heavy atom. The van der Waals surface area contributed by atoms with Crippen LogP contribution in [0.5, 0.6) is 0 Å². The first-order valence-corrected chi connectivity index (χ1v) is 23.0. The van der Waals surface area contributed by atoms with Crippen molar-refractivity contribution in [2.75, 3.05) is 37.8 Å². The van der Waals surface area contributed by atoms with Crippen LogP contribution in [0.25, 0.3) is 11.2 Å². The molecule has 29 heteroatoms. The molecule has 0 aromatic carbocycles. The number of phosphoric ester groups is 3. The van der Waals surface area contributed by atoms with Crippen LogP contribution in [0.4, 0.5) is 5.82 Å². The minimum atomic E-state index is -5.59. The molecule has 0 saturated carbocycles. The van der Waals surface area contributed by atoms with Gasteiger partial charge in [-0.15, -0.1) is 0 Å². The lowest BCUT2D eigenvalue weighted by atomic mass is 9.87. The molecule has 324 valence electrons. The molecule has 3 heterocycles. The Kier molecular flexibility index (Phi) is 16.1. The van der Waals surface area contributed by atoms with Gasteiger partial charge in [0.1, 0.15) is 42.0 Å². The lowest BCUT2D eigenvalue weighted by Gasteiger charge is -2.30. The summed E-state index contributed by atoms with van der Waals surface area (Å²) in [4.78, 5) is 88.0. The van der Waals surface area contributed by atoms with E-state index in [1.54, 1.807) is 24.3 Å². The zero-order valence-electron chi connectivity index (χ0n) is 30.7. The van der Waals surface area contributed by atoms with Gasteiger partial charge in [-0.05, 0) is 6.08 Å². The maximum Gasteiger partial charge on any atom is 0.481 e. The predicted molar refractivity (Wildman–Crippen MR) is 203 cm³/mol. The maximum absolute atomic E-state index is 12.7. The number of hydrogen-bond donors (Lipinski definition) is 11. The number of ether oxygens (including phenoxy) is 1. The molecule has 2 amide bonds. The molecular weight excluding hydrogens is 859 g/mol. The summed E-state index contributed by atoms with van der Waals surface area (Å²) >= 11 is 0. The highest BCUT2D eigenvalue weighted by Crippen LogP contribution is 2.61. The van der Waals surface area contributed by atoms with E-state index in [4.69, 9.17) is 19.5 Å². The van der Waals surface area contributed by atoms with Gasteiger partial charge in [0.25, 0.3) is 0 Å². The van der Waals surface area contributed by atoms with E-state index in [0.717, 1.165) is 22.8 Å². The van der Waals surface area contributed by atoms with E-state index in [-0.39, 0.29) is 54.4 Å². The van der Waals surface area contributed by atoms with Gasteiger partial charge in [0.15, 0.2) is 23.3 Å². The van der Waals surface area contributed by atoms with E-state index in [0.29, 0.717) is 4.91 Å². The van der Waals surface area contributed by atoms with Crippen LogP contribution in [0.1, 0.15) is 32.9 Å². The molecule has 0 radical (unpaired) electrons. The number of rotatable bonds is 21. The largest absolute Gasteiger partial charge is 0.511 e. The fourth-order valence-corrected chi connectivity index (χ4v) is 9.69. The SMILES string of the molecule is CC(C)(COP(=O)(O)OP(=O)(O)OC[C@H]1O[C@@H](n2cnc3c(N)ncnc32)[C@H](O)[C@@H]1OP(=O)(O)O)C(O)C(=O)NCCC(=O)NCC[SH](C=O)C1=C(O)CC=CC=C1. The number of anilines is 1. The topological polar surface area (TPSA) is 384 Å². The molecular formula is C29H44N7O18P3S. The van der Waals surface area contributed by atoms with Crippen molar-refractivity contribution in [1.29, 1.82) is 0 Å². The van der Waals surface area contributed by atoms with Crippen LogP contribution in [0, 0.1) is 5.41 Å². The number of aliphatic hydroxyl groups is 3. The Hall–Kier alpha value is -3.42. The number of nitrogen functional groups attached to an aromatic ring is 1. The normalized spacial score (nSPS) is 23.5. The molecule has 1 aliphatic heterocycles. The summed E-state index contributed by atoms with van der Waals surface area (Å²) in [5.41, 5.74) is 4.95. The van der Waals surface area contributed by atoms with Crippen molar-refractivity contribution in [1.82, 2.24) is 30.2 Å². The van der Waals surface area contributed by atoms with Crippen molar-refractivity contribution in [3.05, 3.63) is 47.6 Å². The van der Waals surface area contributed by atoms with Crippen molar-refractivity contribution in [2.45, 2.75) is 57.3 Å². The Morgan fingerprint density at radius 2 is 1.81 bits per heavy atom. The summed E-state index contributed by atoms with van der Waals surface area (Å²) in [6.45, 7) is 0.298. The highest BCUT2D eigenvalue weighted by Gasteiger charge is 2.50. The molecule has 1 fully saturated rings. The number of phosphoric acid groups is 3. The summed E-state index contributed by atoms with van der Waals surface area (Å²) in [6, 6.07) is 0. The number of nitrogens with zero attached hydrogens (tertiary/aromatic N) is 4. The van der Waals surface area contributed by atoms with Gasteiger partial charge in [-0.1, -0.05) is 32.1 Å². The Labute approximate surface area is 332 Å². The summed E-state index contributed by atoms with van der Waals surface area (Å²) in [5, 5.41) is 36.6. The van der Waals surface area contributed by atoms with Gasteiger partial charge in [0.05, 0.1) is 19.5 Å². The number of aliphatic hydroxyl groups excluding tert-OH is 3. The second-order valence-corrected chi connectivity index (χ2v) is 19.5. The van der Waals surface area contributed by atoms with E-state index in [9.17, 15) is 63.0 Å². The quantitative estimate of drug-likeness (QED) is 0.0442. The minimum Gasteiger partial charge on any atom is -0.511 e. The molecule has 2 aromatic rings. The Morgan fingerprint density at radius 3 is 2.50 bits per heavy atom. The molecule has 4 rings (SSSR count). The third kappa shape index (κ3) is 13.0. The highest BCUT2D eigenvalue weighted by atomic mass is 32.2. The maximum atomic E-state index is 12.7. The average molecular weight is 904 g/mol. The van der Waals surface area contributed by atoms with E-state index >= 15 is 0 Å². The number of aromatic nitrogens is 4. The Balaban J connectivity index is 1.25. The van der Waals surface area contributed by atoms with Crippen molar-refractivity contribution in [3.63, 3.8) is 0 Å². The molecule has 2 aromatic heterocycles. The molecule has 2 aliphatic rings. The van der Waals surface area contributed by atoms with Gasteiger partial charge in [-0.25, -0.2) is 28.6 Å². The van der Waals surface area contributed by atoms with Gasteiger partial charge < -0.3 is 56.0 Å². The van der Waals surface area contributed by atoms with Crippen LogP contribution < -0.4 is 16.4 Å². The molecule has 8 atom stereocenters. The first kappa shape index (κ1) is 47.3. The monoisotopic (exact) mass is 903 g/mol. The number of fused-ring (bicyclic) bond motifs is 1. The van der Waals surface area contributed by atoms with Crippen molar-refractivity contribution < 1.29 is 85.6 Å². The number of carbonyl (C=O) groups is 3. The number of imidazole rings is 1. The van der Waals surface area contributed by atoms with Crippen LogP contribution in [-0.2, 0) is 50.7 Å². The van der Waals surface area contributed by atoms with Crippen molar-refractivity contribution in [2.24, 2.45) is 5.41 Å². The van der Waals surface area contributed by atoms with Crippen LogP contribution in [-0.4, -0.2) is 128 Å². The number of carbonyl (C=O) groups excluding carboxylic acids is 3. The Bertz CT molecular complexity index is 2060. The van der Waals surface area contributed by atoms with Gasteiger partial charge in [-0.3, -0.25) is 32.5 Å². The first-order chi connectivity index (χ1) is 27.0. The van der Waals surface area contributed by atoms with Crippen molar-refractivity contribution >= 4 is 68.8 Å². The van der Waals surface area contributed by atoms with E-state index < -0.39 is 95.4 Å². The predicted octanol–water partition coefficient (Wildman–Crippen LogP) is -0.118. The van der Waals surface area contributed by atoms with Gasteiger partial charge in [-0.2, -0.15) is 15.2 Å². The van der Waals surface area contributed by atoms with E-state index in [1.165, 1.54) is 13.8 Å². The molecule has 0 spiro atoms. The molecule has 25 nitrogen and oxygen atoms in total. The number of hydrogen-bond acceptors (Lipinski definition) is 18. The average Bonchev–Trinajstić information content (AvgIpc) is 3.61. The third-order valence-electron chi connectivity index (χ3n) is 8.30. The first-order valence-electron chi connectivity index (χ1n) is 16.9. The van der Waals surface area contributed by atoms with Gasteiger partial charge in [0.2, 0.25) is 11.8 Å². The fraction of sp³-hybridized carbons (Fsp3) is 0.517. The summed E-state index contributed by atoms with van der Waals surface area (Å²) in [5.74, 6) is -1.21. The smallest absolute Gasteiger partial charge is 0.481 e. The minimum absolute atomic E-state index is 0.0243. The van der Waals surface area contributed by atoms with Crippen LogP contribution in [0.2, 0.25) is 0 Å². The van der Waals surface area contributed by atoms with Gasteiger partial charge in [0, 0.05) is 42.0 Å². The van der Waals surface area contributed by atoms with Gasteiger partial charge >= 0.3 is 23.5 Å². The van der Waals surface area contributed by atoms with E-state index in [1.807, 2.05) is 0 Å². The summed E-state index contributed by atoms with van der Waals surface area (Å²) in [6.07, 6.45) is 0.0490. The third-order valence-corrected chi connectivity index (χ3v) is 13.4. The second-order valence-electron chi connectivity index (χ2n) is 13.2. The molecule has 1 aliphatic carbocycles. The van der Waals surface area contributed by atoms with Crippen molar-refractivity contribution in [3.8, 4) is 0 Å². The zero-order valence-corrected chi connectivity index (χ0v) is 34.2. The summed E-state index contributed by atoms with van der Waals surface area (Å²) in [7, 11) is -17.8. The highest BCUT2D eigenvalue weighted by molar-refractivity contribution is 8.31. The fourth-order valence-electron chi connectivity index (χ4n) is 5.35. The number of allylic oxidation sites excluding steroid dienone is 4. The number of amides is 2. The second kappa shape index (κ2) is 19.8. The van der Waals surface area contributed by atoms with Crippen LogP contribution in [0.15, 0.2) is 47.6 Å². The molecule has 1 saturated heterocycles. The zero-order chi connectivity index (χ0) is 43.1. The van der Waals surface area contributed by atoms with Crippen LogP contribution >= 0.6 is 34.4 Å². The summed E-state index contributed by atoms with van der Waals surface area (Å²) < 4.78 is 62.2. The molecule has 0 bridgehead atoms.